The van der Waals surface area contributed by atoms with E-state index in [2.05, 4.69) is 25.5 Å². The molecule has 0 bridgehead atoms. The van der Waals surface area contributed by atoms with E-state index >= 15 is 0 Å². The number of carbonyl (C=O) groups is 1. The Balaban J connectivity index is 1.37. The lowest BCUT2D eigenvalue weighted by atomic mass is 9.84. The molecule has 11 heteroatoms. The molecule has 1 aliphatic carbocycles. The van der Waals surface area contributed by atoms with E-state index in [-0.39, 0.29) is 6.54 Å². The summed E-state index contributed by atoms with van der Waals surface area (Å²) in [6.45, 7) is -0.179. The lowest BCUT2D eigenvalue weighted by Crippen LogP contribution is -2.60. The molecule has 30 heavy (non-hydrogen) atoms. The first-order valence-electron chi connectivity index (χ1n) is 9.55. The molecule has 8 nitrogen and oxygen atoms in total. The van der Waals surface area contributed by atoms with Crippen molar-refractivity contribution in [1.29, 1.82) is 0 Å². The van der Waals surface area contributed by atoms with Gasteiger partial charge in [0.2, 0.25) is 0 Å². The van der Waals surface area contributed by atoms with Crippen molar-refractivity contribution in [1.82, 2.24) is 25.1 Å². The topological polar surface area (TPSA) is 110 Å². The average Bonchev–Trinajstić information content (AvgIpc) is 3.08. The van der Waals surface area contributed by atoms with Crippen LogP contribution in [-0.4, -0.2) is 60.1 Å². The van der Waals surface area contributed by atoms with Gasteiger partial charge in [-0.1, -0.05) is 0 Å². The van der Waals surface area contributed by atoms with E-state index in [1.807, 2.05) is 12.1 Å². The standard InChI is InChI=1S/C19H19F3N6O2/c20-19(21,22)18(30)4-6-28(17(10-18)2-3-17)16(29)26-14-9-25-27-15(14)13-7-12-11(8-24-13)1-5-23-12/h1,5,7-9,23,30H,2-4,6,10H2,(H,25,27)(H,26,29). The molecule has 4 N–H and O–H groups in total. The van der Waals surface area contributed by atoms with Crippen LogP contribution in [0.2, 0.25) is 0 Å². The SMILES string of the molecule is O=C(Nc1cn[nH]c1-c1cc2[nH]ccc2cn1)N1CCC(O)(C(F)(F)F)CC12CC2. The predicted octanol–water partition coefficient (Wildman–Crippen LogP) is 3.41. The molecule has 0 aromatic carbocycles. The van der Waals surface area contributed by atoms with Crippen molar-refractivity contribution < 1.29 is 23.1 Å². The molecule has 2 fully saturated rings. The molecule has 1 aliphatic heterocycles. The molecule has 1 atom stereocenters. The maximum Gasteiger partial charge on any atom is 0.417 e. The highest BCUT2D eigenvalue weighted by Gasteiger charge is 2.65. The second-order valence-electron chi connectivity index (χ2n) is 8.06. The molecule has 3 aromatic heterocycles. The Labute approximate surface area is 168 Å². The van der Waals surface area contributed by atoms with Crippen LogP contribution >= 0.6 is 0 Å². The number of anilines is 1. The van der Waals surface area contributed by atoms with Crippen molar-refractivity contribution in [2.24, 2.45) is 0 Å². The first-order valence-corrected chi connectivity index (χ1v) is 9.55. The van der Waals surface area contributed by atoms with Crippen LogP contribution in [0.25, 0.3) is 22.3 Å². The highest BCUT2D eigenvalue weighted by molar-refractivity contribution is 5.94. The Kier molecular flexibility index (Phi) is 3.91. The van der Waals surface area contributed by atoms with Gasteiger partial charge in [-0.05, 0) is 25.0 Å². The van der Waals surface area contributed by atoms with Crippen molar-refractivity contribution in [3.8, 4) is 11.4 Å². The van der Waals surface area contributed by atoms with E-state index in [0.29, 0.717) is 29.9 Å². The zero-order valence-corrected chi connectivity index (χ0v) is 15.8. The van der Waals surface area contributed by atoms with Crippen LogP contribution in [0.5, 0.6) is 0 Å². The second-order valence-corrected chi connectivity index (χ2v) is 8.06. The van der Waals surface area contributed by atoms with Crippen LogP contribution < -0.4 is 5.32 Å². The Morgan fingerprint density at radius 2 is 2.07 bits per heavy atom. The Hall–Kier alpha value is -3.08. The minimum absolute atomic E-state index is 0.179. The van der Waals surface area contributed by atoms with E-state index in [1.165, 1.54) is 11.1 Å². The summed E-state index contributed by atoms with van der Waals surface area (Å²) < 4.78 is 39.8. The van der Waals surface area contributed by atoms with Crippen molar-refractivity contribution in [2.45, 2.75) is 43.0 Å². The van der Waals surface area contributed by atoms with Gasteiger partial charge in [0, 0.05) is 48.2 Å². The van der Waals surface area contributed by atoms with Gasteiger partial charge < -0.3 is 20.3 Å². The molecule has 5 rings (SSSR count). The number of aliphatic hydroxyl groups is 1. The fraction of sp³-hybridized carbons (Fsp3) is 0.421. The molecular formula is C19H19F3N6O2. The number of rotatable bonds is 2. The Morgan fingerprint density at radius 3 is 2.80 bits per heavy atom. The fourth-order valence-electron chi connectivity index (χ4n) is 4.25. The van der Waals surface area contributed by atoms with Gasteiger partial charge in [0.15, 0.2) is 5.60 Å². The largest absolute Gasteiger partial charge is 0.417 e. The number of aromatic nitrogens is 4. The molecule has 4 heterocycles. The summed E-state index contributed by atoms with van der Waals surface area (Å²) in [6, 6.07) is 3.18. The van der Waals surface area contributed by atoms with Crippen LogP contribution in [-0.2, 0) is 0 Å². The Morgan fingerprint density at radius 1 is 1.27 bits per heavy atom. The minimum atomic E-state index is -4.72. The maximum atomic E-state index is 13.3. The number of amides is 2. The molecular weight excluding hydrogens is 401 g/mol. The van der Waals surface area contributed by atoms with Crippen molar-refractivity contribution in [3.63, 3.8) is 0 Å². The summed E-state index contributed by atoms with van der Waals surface area (Å²) in [4.78, 5) is 21.8. The number of hydrogen-bond donors (Lipinski definition) is 4. The van der Waals surface area contributed by atoms with Gasteiger partial charge in [-0.2, -0.15) is 18.3 Å². The first kappa shape index (κ1) is 18.9. The predicted molar refractivity (Wildman–Crippen MR) is 102 cm³/mol. The molecule has 1 unspecified atom stereocenters. The van der Waals surface area contributed by atoms with E-state index in [9.17, 15) is 23.1 Å². The van der Waals surface area contributed by atoms with Gasteiger partial charge >= 0.3 is 12.2 Å². The minimum Gasteiger partial charge on any atom is -0.380 e. The smallest absolute Gasteiger partial charge is 0.380 e. The summed E-state index contributed by atoms with van der Waals surface area (Å²) in [5, 5.41) is 20.6. The number of hydrogen-bond acceptors (Lipinski definition) is 4. The lowest BCUT2D eigenvalue weighted by Gasteiger charge is -2.45. The second kappa shape index (κ2) is 6.21. The number of halogens is 3. The number of urea groups is 1. The zero-order chi connectivity index (χ0) is 21.1. The monoisotopic (exact) mass is 420 g/mol. The van der Waals surface area contributed by atoms with Crippen molar-refractivity contribution in [2.75, 3.05) is 11.9 Å². The van der Waals surface area contributed by atoms with Gasteiger partial charge in [-0.15, -0.1) is 0 Å². The quantitative estimate of drug-likeness (QED) is 0.509. The molecule has 3 aromatic rings. The summed E-state index contributed by atoms with van der Waals surface area (Å²) in [5.41, 5.74) is -1.41. The van der Waals surface area contributed by atoms with Gasteiger partial charge in [0.1, 0.15) is 5.69 Å². The third kappa shape index (κ3) is 2.92. The molecule has 1 spiro atoms. The number of pyridine rings is 1. The van der Waals surface area contributed by atoms with Crippen LogP contribution in [0.15, 0.2) is 30.7 Å². The normalized spacial score (nSPS) is 23.1. The highest BCUT2D eigenvalue weighted by Crippen LogP contribution is 2.55. The molecule has 158 valence electrons. The van der Waals surface area contributed by atoms with E-state index in [1.54, 1.807) is 12.4 Å². The number of piperidine rings is 1. The number of nitrogens with one attached hydrogen (secondary N) is 3. The molecule has 2 amide bonds. The molecule has 1 saturated heterocycles. The lowest BCUT2D eigenvalue weighted by molar-refractivity contribution is -0.277. The first-order chi connectivity index (χ1) is 14.2. The fourth-order valence-corrected chi connectivity index (χ4v) is 4.25. The molecule has 1 saturated carbocycles. The van der Waals surface area contributed by atoms with Gasteiger partial charge in [-0.25, -0.2) is 4.79 Å². The van der Waals surface area contributed by atoms with Gasteiger partial charge in [0.05, 0.1) is 17.6 Å². The van der Waals surface area contributed by atoms with Crippen LogP contribution in [0.3, 0.4) is 0 Å². The molecule has 0 radical (unpaired) electrons. The number of carbonyl (C=O) groups excluding carboxylic acids is 1. The summed E-state index contributed by atoms with van der Waals surface area (Å²) in [7, 11) is 0. The van der Waals surface area contributed by atoms with Crippen molar-refractivity contribution in [3.05, 3.63) is 30.7 Å². The third-order valence-corrected chi connectivity index (χ3v) is 6.12. The van der Waals surface area contributed by atoms with Crippen LogP contribution in [0.4, 0.5) is 23.7 Å². The van der Waals surface area contributed by atoms with Crippen LogP contribution in [0, 0.1) is 0 Å². The number of fused-ring (bicyclic) bond motifs is 1. The third-order valence-electron chi connectivity index (χ3n) is 6.12. The zero-order valence-electron chi connectivity index (χ0n) is 15.8. The number of aromatic amines is 2. The molecule has 2 aliphatic rings. The van der Waals surface area contributed by atoms with Gasteiger partial charge in [-0.3, -0.25) is 10.1 Å². The van der Waals surface area contributed by atoms with E-state index in [0.717, 1.165) is 10.9 Å². The number of H-pyrrole nitrogens is 2. The number of nitrogens with zero attached hydrogens (tertiary/aromatic N) is 3. The van der Waals surface area contributed by atoms with Crippen molar-refractivity contribution >= 4 is 22.6 Å². The van der Waals surface area contributed by atoms with E-state index < -0.39 is 36.2 Å². The van der Waals surface area contributed by atoms with E-state index in [4.69, 9.17) is 0 Å². The number of alkyl halides is 3. The average molecular weight is 420 g/mol. The maximum absolute atomic E-state index is 13.3. The Bertz CT molecular complexity index is 1120. The van der Waals surface area contributed by atoms with Gasteiger partial charge in [0.25, 0.3) is 0 Å². The highest BCUT2D eigenvalue weighted by atomic mass is 19.4. The summed E-state index contributed by atoms with van der Waals surface area (Å²) >= 11 is 0. The van der Waals surface area contributed by atoms with Crippen LogP contribution in [0.1, 0.15) is 25.7 Å². The summed E-state index contributed by atoms with van der Waals surface area (Å²) in [5.74, 6) is 0. The number of likely N-dealkylation sites (tertiary alicyclic amines) is 1. The summed E-state index contributed by atoms with van der Waals surface area (Å²) in [6.07, 6.45) is 0.0164.